The second-order valence-corrected chi connectivity index (χ2v) is 4.44. The molecule has 2 rings (SSSR count). The molecule has 15 heavy (non-hydrogen) atoms. The van der Waals surface area contributed by atoms with Gasteiger partial charge in [0.25, 0.3) is 0 Å². The van der Waals surface area contributed by atoms with Crippen molar-refractivity contribution in [1.29, 1.82) is 0 Å². The van der Waals surface area contributed by atoms with E-state index in [1.807, 2.05) is 19.9 Å². The number of thiophene rings is 1. The molecule has 0 amide bonds. The van der Waals surface area contributed by atoms with Crippen LogP contribution in [0.3, 0.4) is 0 Å². The first-order valence-electron chi connectivity index (χ1n) is 5.26. The first-order chi connectivity index (χ1) is 7.22. The summed E-state index contributed by atoms with van der Waals surface area (Å²) in [4.78, 5) is 1.34. The second-order valence-electron chi connectivity index (χ2n) is 3.18. The first kappa shape index (κ1) is 12.1. The van der Waals surface area contributed by atoms with Crippen molar-refractivity contribution in [3.63, 3.8) is 0 Å². The normalized spacial score (nSPS) is 9.67. The molecule has 0 spiro atoms. The number of hydrogen-bond donors (Lipinski definition) is 0. The Morgan fingerprint density at radius 3 is 2.40 bits per heavy atom. The molecule has 0 aliphatic rings. The first-order valence-corrected chi connectivity index (χ1v) is 6.08. The molecular formula is C13H18OS. The summed E-state index contributed by atoms with van der Waals surface area (Å²) in [6, 6.07) is 6.36. The molecule has 1 aromatic carbocycles. The van der Waals surface area contributed by atoms with Crippen LogP contribution in [0.25, 0.3) is 10.1 Å². The Morgan fingerprint density at radius 1 is 1.13 bits per heavy atom. The number of fused-ring (bicyclic) bond motifs is 1. The summed E-state index contributed by atoms with van der Waals surface area (Å²) in [6.45, 7) is 8.26. The minimum Gasteiger partial charge on any atom is -0.495 e. The number of rotatable bonds is 1. The van der Waals surface area contributed by atoms with Crippen molar-refractivity contribution in [2.24, 2.45) is 0 Å². The van der Waals surface area contributed by atoms with Crippen molar-refractivity contribution < 1.29 is 4.74 Å². The number of ether oxygens (including phenoxy) is 1. The molecule has 0 atom stereocenters. The van der Waals surface area contributed by atoms with E-state index in [1.54, 1.807) is 18.4 Å². The molecule has 0 bridgehead atoms. The summed E-state index contributed by atoms with van der Waals surface area (Å²) in [5.74, 6) is 0.985. The van der Waals surface area contributed by atoms with E-state index < -0.39 is 0 Å². The van der Waals surface area contributed by atoms with Crippen molar-refractivity contribution in [1.82, 2.24) is 0 Å². The Hall–Kier alpha value is -1.02. The van der Waals surface area contributed by atoms with Crippen molar-refractivity contribution in [3.05, 3.63) is 28.6 Å². The van der Waals surface area contributed by atoms with Crippen LogP contribution in [0.5, 0.6) is 5.75 Å². The fourth-order valence-electron chi connectivity index (χ4n) is 1.52. The topological polar surface area (TPSA) is 9.23 Å². The van der Waals surface area contributed by atoms with E-state index in [0.717, 1.165) is 5.75 Å². The SMILES string of the molecule is CC.COc1ccc(C)c2cc(C)sc12. The number of methoxy groups -OCH3 is 1. The molecule has 1 heterocycles. The van der Waals surface area contributed by atoms with E-state index in [9.17, 15) is 0 Å². The average molecular weight is 222 g/mol. The number of hydrogen-bond acceptors (Lipinski definition) is 2. The van der Waals surface area contributed by atoms with Gasteiger partial charge < -0.3 is 4.74 Å². The van der Waals surface area contributed by atoms with Gasteiger partial charge in [-0.25, -0.2) is 0 Å². The zero-order valence-electron chi connectivity index (χ0n) is 10.0. The molecule has 0 aliphatic carbocycles. The minimum atomic E-state index is 0.985. The summed E-state index contributed by atoms with van der Waals surface area (Å²) in [7, 11) is 1.72. The lowest BCUT2D eigenvalue weighted by molar-refractivity contribution is 0.420. The zero-order chi connectivity index (χ0) is 11.4. The quantitative estimate of drug-likeness (QED) is 0.687. The standard InChI is InChI=1S/C11H12OS.C2H6/c1-7-4-5-10(12-3)11-9(7)6-8(2)13-11;1-2/h4-6H,1-3H3;1-2H3. The van der Waals surface area contributed by atoms with Crippen LogP contribution in [0, 0.1) is 13.8 Å². The van der Waals surface area contributed by atoms with Crippen LogP contribution in [-0.2, 0) is 0 Å². The third-order valence-electron chi connectivity index (χ3n) is 2.21. The van der Waals surface area contributed by atoms with Gasteiger partial charge in [0.05, 0.1) is 11.8 Å². The van der Waals surface area contributed by atoms with Crippen LogP contribution < -0.4 is 4.74 Å². The molecule has 0 saturated heterocycles. The number of aryl methyl sites for hydroxylation is 2. The van der Waals surface area contributed by atoms with Crippen LogP contribution in [0.15, 0.2) is 18.2 Å². The highest BCUT2D eigenvalue weighted by Gasteiger charge is 2.06. The fourth-order valence-corrected chi connectivity index (χ4v) is 2.60. The largest absolute Gasteiger partial charge is 0.495 e. The summed E-state index contributed by atoms with van der Waals surface area (Å²) < 4.78 is 6.57. The van der Waals surface area contributed by atoms with Crippen molar-refractivity contribution in [2.45, 2.75) is 27.7 Å². The smallest absolute Gasteiger partial charge is 0.136 e. The predicted octanol–water partition coefficient (Wildman–Crippen LogP) is 4.55. The Balaban J connectivity index is 0.000000531. The van der Waals surface area contributed by atoms with Gasteiger partial charge in [-0.2, -0.15) is 0 Å². The van der Waals surface area contributed by atoms with Crippen LogP contribution in [0.2, 0.25) is 0 Å². The molecule has 0 aliphatic heterocycles. The average Bonchev–Trinajstić information content (AvgIpc) is 2.64. The monoisotopic (exact) mass is 222 g/mol. The van der Waals surface area contributed by atoms with Gasteiger partial charge >= 0.3 is 0 Å². The molecule has 2 heteroatoms. The summed E-state index contributed by atoms with van der Waals surface area (Å²) in [6.07, 6.45) is 0. The molecule has 82 valence electrons. The lowest BCUT2D eigenvalue weighted by atomic mass is 10.1. The Bertz CT molecular complexity index is 443. The summed E-state index contributed by atoms with van der Waals surface area (Å²) >= 11 is 1.79. The Morgan fingerprint density at radius 2 is 1.80 bits per heavy atom. The van der Waals surface area contributed by atoms with E-state index in [4.69, 9.17) is 4.74 Å². The van der Waals surface area contributed by atoms with Crippen molar-refractivity contribution in [2.75, 3.05) is 7.11 Å². The minimum absolute atomic E-state index is 0.985. The molecular weight excluding hydrogens is 204 g/mol. The molecule has 1 nitrogen and oxygen atoms in total. The van der Waals surface area contributed by atoms with E-state index in [0.29, 0.717) is 0 Å². The third-order valence-corrected chi connectivity index (χ3v) is 3.27. The van der Waals surface area contributed by atoms with Gasteiger partial charge in [-0.15, -0.1) is 11.3 Å². The maximum absolute atomic E-state index is 5.31. The van der Waals surface area contributed by atoms with Gasteiger partial charge in [0.15, 0.2) is 0 Å². The van der Waals surface area contributed by atoms with E-state index in [1.165, 1.54) is 20.5 Å². The lowest BCUT2D eigenvalue weighted by Crippen LogP contribution is -1.82. The van der Waals surface area contributed by atoms with Gasteiger partial charge in [0, 0.05) is 4.88 Å². The van der Waals surface area contributed by atoms with E-state index >= 15 is 0 Å². The van der Waals surface area contributed by atoms with Crippen molar-refractivity contribution >= 4 is 21.4 Å². The summed E-state index contributed by atoms with van der Waals surface area (Å²) in [5.41, 5.74) is 1.32. The highest BCUT2D eigenvalue weighted by Crippen LogP contribution is 2.34. The Labute approximate surface area is 95.7 Å². The van der Waals surface area contributed by atoms with Crippen molar-refractivity contribution in [3.8, 4) is 5.75 Å². The molecule has 0 saturated carbocycles. The van der Waals surface area contributed by atoms with Gasteiger partial charge in [0.2, 0.25) is 0 Å². The van der Waals surface area contributed by atoms with Crippen LogP contribution >= 0.6 is 11.3 Å². The van der Waals surface area contributed by atoms with Gasteiger partial charge in [0.1, 0.15) is 5.75 Å². The van der Waals surface area contributed by atoms with Crippen LogP contribution in [0.4, 0.5) is 0 Å². The molecule has 0 unspecified atom stereocenters. The maximum atomic E-state index is 5.31. The maximum Gasteiger partial charge on any atom is 0.136 e. The molecule has 2 aromatic rings. The second kappa shape index (κ2) is 5.17. The van der Waals surface area contributed by atoms with Gasteiger partial charge in [-0.1, -0.05) is 19.9 Å². The van der Waals surface area contributed by atoms with E-state index in [2.05, 4.69) is 26.0 Å². The van der Waals surface area contributed by atoms with E-state index in [-0.39, 0.29) is 0 Å². The summed E-state index contributed by atoms with van der Waals surface area (Å²) in [5, 5.41) is 1.32. The zero-order valence-corrected chi connectivity index (χ0v) is 10.9. The molecule has 0 radical (unpaired) electrons. The fraction of sp³-hybridized carbons (Fsp3) is 0.385. The predicted molar refractivity (Wildman–Crippen MR) is 69.2 cm³/mol. The van der Waals surface area contributed by atoms with Gasteiger partial charge in [-0.05, 0) is 36.9 Å². The molecule has 0 fully saturated rings. The van der Waals surface area contributed by atoms with Crippen LogP contribution in [0.1, 0.15) is 24.3 Å². The molecule has 1 aromatic heterocycles. The molecule has 0 N–H and O–H groups in total. The van der Waals surface area contributed by atoms with Crippen LogP contribution in [-0.4, -0.2) is 7.11 Å². The highest BCUT2D eigenvalue weighted by atomic mass is 32.1. The van der Waals surface area contributed by atoms with Gasteiger partial charge in [-0.3, -0.25) is 0 Å². The third kappa shape index (κ3) is 2.32. The highest BCUT2D eigenvalue weighted by molar-refractivity contribution is 7.19. The number of benzene rings is 1. The Kier molecular flexibility index (Phi) is 4.15. The lowest BCUT2D eigenvalue weighted by Gasteiger charge is -2.02.